The standard InChI is InChI=1S/C19H28O3/c1-14-5-7-16(8-6-14)18-9-10-19(13-20)17(12-18)4-3-11-22-15(2)21/h9-10,12,14,16,20H,3-8,11,13H2,1-2H3. The molecule has 0 radical (unpaired) electrons. The van der Waals surface area contributed by atoms with E-state index in [1.165, 1.54) is 43.7 Å². The van der Waals surface area contributed by atoms with E-state index < -0.39 is 0 Å². The zero-order valence-corrected chi connectivity index (χ0v) is 13.8. The van der Waals surface area contributed by atoms with Gasteiger partial charge in [0.15, 0.2) is 0 Å². The Hall–Kier alpha value is -1.35. The van der Waals surface area contributed by atoms with Crippen LogP contribution < -0.4 is 0 Å². The number of benzene rings is 1. The zero-order valence-electron chi connectivity index (χ0n) is 13.8. The Balaban J connectivity index is 2.00. The van der Waals surface area contributed by atoms with E-state index in [0.29, 0.717) is 12.5 Å². The molecule has 3 nitrogen and oxygen atoms in total. The Morgan fingerprint density at radius 1 is 1.23 bits per heavy atom. The van der Waals surface area contributed by atoms with Gasteiger partial charge in [0.25, 0.3) is 0 Å². The average Bonchev–Trinajstić information content (AvgIpc) is 2.52. The summed E-state index contributed by atoms with van der Waals surface area (Å²) in [6.07, 6.45) is 6.82. The van der Waals surface area contributed by atoms with Gasteiger partial charge in [0.2, 0.25) is 0 Å². The molecule has 0 saturated heterocycles. The first-order chi connectivity index (χ1) is 10.6. The van der Waals surface area contributed by atoms with Crippen molar-refractivity contribution in [1.29, 1.82) is 0 Å². The van der Waals surface area contributed by atoms with E-state index in [0.717, 1.165) is 24.3 Å². The molecule has 1 fully saturated rings. The number of esters is 1. The third kappa shape index (κ3) is 4.84. The zero-order chi connectivity index (χ0) is 15.9. The highest BCUT2D eigenvalue weighted by atomic mass is 16.5. The van der Waals surface area contributed by atoms with Crippen LogP contribution in [0.3, 0.4) is 0 Å². The summed E-state index contributed by atoms with van der Waals surface area (Å²) in [7, 11) is 0. The van der Waals surface area contributed by atoms with Crippen molar-refractivity contribution in [3.8, 4) is 0 Å². The first-order valence-electron chi connectivity index (χ1n) is 8.46. The first kappa shape index (κ1) is 17.0. The average molecular weight is 304 g/mol. The van der Waals surface area contributed by atoms with Gasteiger partial charge in [0, 0.05) is 6.92 Å². The number of aryl methyl sites for hydroxylation is 1. The normalized spacial score (nSPS) is 21.6. The lowest BCUT2D eigenvalue weighted by Gasteiger charge is -2.27. The number of rotatable bonds is 6. The van der Waals surface area contributed by atoms with Crippen LogP contribution in [-0.2, 0) is 22.6 Å². The molecule has 1 aliphatic carbocycles. The highest BCUT2D eigenvalue weighted by Gasteiger charge is 2.20. The molecule has 0 spiro atoms. The van der Waals surface area contributed by atoms with Crippen LogP contribution in [0.4, 0.5) is 0 Å². The molecule has 2 rings (SSSR count). The quantitative estimate of drug-likeness (QED) is 0.639. The topological polar surface area (TPSA) is 46.5 Å². The number of aliphatic hydroxyl groups excluding tert-OH is 1. The fraction of sp³-hybridized carbons (Fsp3) is 0.632. The summed E-state index contributed by atoms with van der Waals surface area (Å²) in [4.78, 5) is 10.8. The summed E-state index contributed by atoms with van der Waals surface area (Å²) >= 11 is 0. The van der Waals surface area contributed by atoms with Gasteiger partial charge in [-0.2, -0.15) is 0 Å². The van der Waals surface area contributed by atoms with E-state index in [1.54, 1.807) is 0 Å². The molecule has 0 atom stereocenters. The third-order valence-corrected chi connectivity index (χ3v) is 4.78. The number of aliphatic hydroxyl groups is 1. The minimum Gasteiger partial charge on any atom is -0.466 e. The first-order valence-corrected chi connectivity index (χ1v) is 8.46. The lowest BCUT2D eigenvalue weighted by Crippen LogP contribution is -2.11. The number of hydrogen-bond acceptors (Lipinski definition) is 3. The highest BCUT2D eigenvalue weighted by molar-refractivity contribution is 5.65. The second-order valence-corrected chi connectivity index (χ2v) is 6.59. The molecular formula is C19H28O3. The number of ether oxygens (including phenoxy) is 1. The summed E-state index contributed by atoms with van der Waals surface area (Å²) in [6, 6.07) is 6.51. The minimum absolute atomic E-state index is 0.0743. The molecule has 1 aliphatic rings. The lowest BCUT2D eigenvalue weighted by molar-refractivity contribution is -0.141. The molecule has 22 heavy (non-hydrogen) atoms. The van der Waals surface area contributed by atoms with Crippen LogP contribution in [0.1, 0.15) is 68.6 Å². The molecule has 1 saturated carbocycles. The summed E-state index contributed by atoms with van der Waals surface area (Å²) in [5, 5.41) is 9.51. The van der Waals surface area contributed by atoms with Gasteiger partial charge in [0.05, 0.1) is 13.2 Å². The Labute approximate surface area is 133 Å². The molecule has 0 aromatic heterocycles. The Morgan fingerprint density at radius 3 is 2.59 bits per heavy atom. The third-order valence-electron chi connectivity index (χ3n) is 4.78. The van der Waals surface area contributed by atoms with Crippen molar-refractivity contribution in [3.63, 3.8) is 0 Å². The molecule has 1 aromatic rings. The van der Waals surface area contributed by atoms with Crippen LogP contribution in [0.15, 0.2) is 18.2 Å². The van der Waals surface area contributed by atoms with Crippen molar-refractivity contribution in [2.75, 3.05) is 6.61 Å². The van der Waals surface area contributed by atoms with Crippen LogP contribution in [0.5, 0.6) is 0 Å². The van der Waals surface area contributed by atoms with Crippen LogP contribution in [0, 0.1) is 5.92 Å². The van der Waals surface area contributed by atoms with Crippen molar-refractivity contribution >= 4 is 5.97 Å². The van der Waals surface area contributed by atoms with E-state index in [9.17, 15) is 9.90 Å². The van der Waals surface area contributed by atoms with E-state index in [2.05, 4.69) is 25.1 Å². The van der Waals surface area contributed by atoms with Gasteiger partial charge in [-0.15, -0.1) is 0 Å². The van der Waals surface area contributed by atoms with Crippen molar-refractivity contribution in [2.45, 2.75) is 64.9 Å². The lowest BCUT2D eigenvalue weighted by atomic mass is 9.79. The van der Waals surface area contributed by atoms with E-state index in [-0.39, 0.29) is 12.6 Å². The molecule has 0 heterocycles. The number of carbonyl (C=O) groups is 1. The largest absolute Gasteiger partial charge is 0.466 e. The second kappa shape index (κ2) is 8.33. The summed E-state index contributed by atoms with van der Waals surface area (Å²) in [5.41, 5.74) is 3.60. The van der Waals surface area contributed by atoms with Crippen molar-refractivity contribution in [3.05, 3.63) is 34.9 Å². The fourth-order valence-electron chi connectivity index (χ4n) is 3.36. The van der Waals surface area contributed by atoms with E-state index in [1.807, 2.05) is 0 Å². The summed E-state index contributed by atoms with van der Waals surface area (Å²) in [6.45, 7) is 4.30. The monoisotopic (exact) mass is 304 g/mol. The molecule has 1 aromatic carbocycles. The van der Waals surface area contributed by atoms with Gasteiger partial charge >= 0.3 is 5.97 Å². The molecule has 0 bridgehead atoms. The minimum atomic E-state index is -0.229. The summed E-state index contributed by atoms with van der Waals surface area (Å²) < 4.78 is 4.99. The summed E-state index contributed by atoms with van der Waals surface area (Å²) in [5.74, 6) is 1.29. The Kier molecular flexibility index (Phi) is 6.44. The predicted octanol–water partition coefficient (Wildman–Crippen LogP) is 3.97. The second-order valence-electron chi connectivity index (χ2n) is 6.59. The molecule has 0 amide bonds. The van der Waals surface area contributed by atoms with Gasteiger partial charge < -0.3 is 9.84 Å². The molecule has 0 unspecified atom stereocenters. The van der Waals surface area contributed by atoms with Gasteiger partial charge in [0.1, 0.15) is 0 Å². The van der Waals surface area contributed by atoms with Crippen LogP contribution in [0.25, 0.3) is 0 Å². The Morgan fingerprint density at radius 2 is 1.95 bits per heavy atom. The number of carbonyl (C=O) groups excluding carboxylic acids is 1. The van der Waals surface area contributed by atoms with Crippen molar-refractivity contribution in [1.82, 2.24) is 0 Å². The van der Waals surface area contributed by atoms with Crippen LogP contribution >= 0.6 is 0 Å². The molecule has 1 N–H and O–H groups in total. The molecular weight excluding hydrogens is 276 g/mol. The van der Waals surface area contributed by atoms with Crippen LogP contribution in [-0.4, -0.2) is 17.7 Å². The van der Waals surface area contributed by atoms with Gasteiger partial charge in [-0.05, 0) is 54.2 Å². The number of hydrogen-bond donors (Lipinski definition) is 1. The molecule has 3 heteroatoms. The predicted molar refractivity (Wildman–Crippen MR) is 87.7 cm³/mol. The van der Waals surface area contributed by atoms with Crippen molar-refractivity contribution < 1.29 is 14.6 Å². The van der Waals surface area contributed by atoms with Gasteiger partial charge in [-0.3, -0.25) is 4.79 Å². The Bertz CT molecular complexity index is 487. The smallest absolute Gasteiger partial charge is 0.302 e. The van der Waals surface area contributed by atoms with Gasteiger partial charge in [-0.1, -0.05) is 38.0 Å². The SMILES string of the molecule is CC(=O)OCCCc1cc(C2CCC(C)CC2)ccc1CO. The molecule has 122 valence electrons. The molecule has 0 aliphatic heterocycles. The van der Waals surface area contributed by atoms with Crippen molar-refractivity contribution in [2.24, 2.45) is 5.92 Å². The van der Waals surface area contributed by atoms with E-state index in [4.69, 9.17) is 4.74 Å². The maximum absolute atomic E-state index is 10.8. The fourth-order valence-corrected chi connectivity index (χ4v) is 3.36. The maximum Gasteiger partial charge on any atom is 0.302 e. The van der Waals surface area contributed by atoms with Crippen LogP contribution in [0.2, 0.25) is 0 Å². The van der Waals surface area contributed by atoms with E-state index >= 15 is 0 Å². The van der Waals surface area contributed by atoms with Gasteiger partial charge in [-0.25, -0.2) is 0 Å². The highest BCUT2D eigenvalue weighted by Crippen LogP contribution is 2.36. The maximum atomic E-state index is 10.8.